The Morgan fingerprint density at radius 2 is 2.41 bits per heavy atom. The quantitative estimate of drug-likeness (QED) is 0.866. The molecule has 0 amide bonds. The van der Waals surface area contributed by atoms with E-state index in [2.05, 4.69) is 22.9 Å². The van der Waals surface area contributed by atoms with Crippen molar-refractivity contribution in [3.8, 4) is 0 Å². The molecule has 0 bridgehead atoms. The Morgan fingerprint density at radius 1 is 1.53 bits per heavy atom. The van der Waals surface area contributed by atoms with Crippen LogP contribution in [0.1, 0.15) is 37.4 Å². The van der Waals surface area contributed by atoms with Crippen LogP contribution in [0.3, 0.4) is 0 Å². The van der Waals surface area contributed by atoms with E-state index in [9.17, 15) is 0 Å². The molecule has 94 valence electrons. The summed E-state index contributed by atoms with van der Waals surface area (Å²) < 4.78 is 0. The average molecular weight is 233 g/mol. The minimum atomic E-state index is 0.591. The number of hydrogen-bond donors (Lipinski definition) is 1. The summed E-state index contributed by atoms with van der Waals surface area (Å²) in [5.74, 6) is 0.869. The van der Waals surface area contributed by atoms with Crippen LogP contribution < -0.4 is 5.73 Å². The summed E-state index contributed by atoms with van der Waals surface area (Å²) >= 11 is 0. The van der Waals surface area contributed by atoms with Crippen molar-refractivity contribution in [3.05, 3.63) is 29.6 Å². The molecule has 0 saturated carbocycles. The average Bonchev–Trinajstić information content (AvgIpc) is 2.39. The first-order valence-corrected chi connectivity index (χ1v) is 6.68. The van der Waals surface area contributed by atoms with E-state index >= 15 is 0 Å². The van der Waals surface area contributed by atoms with Crippen molar-refractivity contribution < 1.29 is 0 Å². The van der Waals surface area contributed by atoms with Crippen molar-refractivity contribution in [2.45, 2.75) is 39.3 Å². The molecular weight excluding hydrogens is 210 g/mol. The van der Waals surface area contributed by atoms with Gasteiger partial charge in [0.2, 0.25) is 0 Å². The highest BCUT2D eigenvalue weighted by molar-refractivity contribution is 5.19. The molecule has 1 atom stereocenters. The molecule has 2 heterocycles. The molecule has 3 heteroatoms. The standard InChI is InChI=1S/C14H23N3/c1-2-12-5-4-8-17(10-12)11-14-13(9-15)6-3-7-16-14/h3,6-7,12H,2,4-5,8-11,15H2,1H3. The lowest BCUT2D eigenvalue weighted by atomic mass is 9.95. The first-order chi connectivity index (χ1) is 8.33. The summed E-state index contributed by atoms with van der Waals surface area (Å²) in [6.45, 7) is 6.27. The highest BCUT2D eigenvalue weighted by Crippen LogP contribution is 2.21. The number of piperidine rings is 1. The Balaban J connectivity index is 2.00. The zero-order chi connectivity index (χ0) is 12.1. The highest BCUT2D eigenvalue weighted by Gasteiger charge is 2.19. The van der Waals surface area contributed by atoms with Gasteiger partial charge in [-0.1, -0.05) is 19.4 Å². The topological polar surface area (TPSA) is 42.2 Å². The van der Waals surface area contributed by atoms with Crippen LogP contribution in [0.15, 0.2) is 18.3 Å². The zero-order valence-electron chi connectivity index (χ0n) is 10.7. The van der Waals surface area contributed by atoms with E-state index in [0.29, 0.717) is 6.54 Å². The number of nitrogens with two attached hydrogens (primary N) is 1. The maximum atomic E-state index is 5.75. The molecule has 2 N–H and O–H groups in total. The second-order valence-corrected chi connectivity index (χ2v) is 4.96. The first kappa shape index (κ1) is 12.5. The van der Waals surface area contributed by atoms with E-state index in [1.165, 1.54) is 37.9 Å². The Bertz CT molecular complexity index is 351. The van der Waals surface area contributed by atoms with Gasteiger partial charge in [0.25, 0.3) is 0 Å². The molecule has 1 fully saturated rings. The van der Waals surface area contributed by atoms with Crippen LogP contribution in [0.25, 0.3) is 0 Å². The van der Waals surface area contributed by atoms with Gasteiger partial charge in [0.05, 0.1) is 5.69 Å². The summed E-state index contributed by atoms with van der Waals surface area (Å²) in [5, 5.41) is 0. The van der Waals surface area contributed by atoms with Gasteiger partial charge < -0.3 is 5.73 Å². The van der Waals surface area contributed by atoms with E-state index in [1.807, 2.05) is 12.3 Å². The van der Waals surface area contributed by atoms with E-state index in [1.54, 1.807) is 0 Å². The van der Waals surface area contributed by atoms with Crippen LogP contribution in [0.2, 0.25) is 0 Å². The number of hydrogen-bond acceptors (Lipinski definition) is 3. The molecule has 0 radical (unpaired) electrons. The first-order valence-electron chi connectivity index (χ1n) is 6.68. The van der Waals surface area contributed by atoms with Crippen LogP contribution in [0, 0.1) is 5.92 Å². The number of aromatic nitrogens is 1. The number of likely N-dealkylation sites (tertiary alicyclic amines) is 1. The Kier molecular flexibility index (Phi) is 4.51. The van der Waals surface area contributed by atoms with Crippen molar-refractivity contribution in [2.75, 3.05) is 13.1 Å². The summed E-state index contributed by atoms with van der Waals surface area (Å²) in [4.78, 5) is 7.00. The maximum absolute atomic E-state index is 5.75. The summed E-state index contributed by atoms with van der Waals surface area (Å²) in [5.41, 5.74) is 8.10. The lowest BCUT2D eigenvalue weighted by Crippen LogP contribution is -2.35. The molecule has 1 aliphatic heterocycles. The Hall–Kier alpha value is -0.930. The highest BCUT2D eigenvalue weighted by atomic mass is 15.1. The number of rotatable bonds is 4. The fraction of sp³-hybridized carbons (Fsp3) is 0.643. The molecule has 1 unspecified atom stereocenters. The zero-order valence-corrected chi connectivity index (χ0v) is 10.7. The fourth-order valence-electron chi connectivity index (χ4n) is 2.64. The molecule has 1 aromatic heterocycles. The van der Waals surface area contributed by atoms with Crippen molar-refractivity contribution in [1.29, 1.82) is 0 Å². The van der Waals surface area contributed by atoms with Gasteiger partial charge in [-0.25, -0.2) is 0 Å². The third-order valence-electron chi connectivity index (χ3n) is 3.76. The smallest absolute Gasteiger partial charge is 0.0588 e. The number of pyridine rings is 1. The SMILES string of the molecule is CCC1CCCN(Cc2ncccc2CN)C1. The summed E-state index contributed by atoms with van der Waals surface area (Å²) in [7, 11) is 0. The van der Waals surface area contributed by atoms with Crippen molar-refractivity contribution in [1.82, 2.24) is 9.88 Å². The molecule has 0 aromatic carbocycles. The fourth-order valence-corrected chi connectivity index (χ4v) is 2.64. The molecule has 17 heavy (non-hydrogen) atoms. The van der Waals surface area contributed by atoms with Gasteiger partial charge in [-0.2, -0.15) is 0 Å². The van der Waals surface area contributed by atoms with Gasteiger partial charge in [-0.3, -0.25) is 9.88 Å². The second-order valence-electron chi connectivity index (χ2n) is 4.96. The molecule has 1 aliphatic rings. The van der Waals surface area contributed by atoms with E-state index in [0.717, 1.165) is 18.2 Å². The lowest BCUT2D eigenvalue weighted by molar-refractivity contribution is 0.162. The van der Waals surface area contributed by atoms with E-state index < -0.39 is 0 Å². The van der Waals surface area contributed by atoms with E-state index in [4.69, 9.17) is 5.73 Å². The lowest BCUT2D eigenvalue weighted by Gasteiger charge is -2.32. The Morgan fingerprint density at radius 3 is 3.18 bits per heavy atom. The normalized spacial score (nSPS) is 21.6. The predicted octanol–water partition coefficient (Wildman–Crippen LogP) is 2.16. The van der Waals surface area contributed by atoms with Crippen LogP contribution >= 0.6 is 0 Å². The van der Waals surface area contributed by atoms with Gasteiger partial charge >= 0.3 is 0 Å². The predicted molar refractivity (Wildman–Crippen MR) is 70.4 cm³/mol. The van der Waals surface area contributed by atoms with Gasteiger partial charge in [0.1, 0.15) is 0 Å². The van der Waals surface area contributed by atoms with Crippen molar-refractivity contribution in [2.24, 2.45) is 11.7 Å². The molecule has 3 nitrogen and oxygen atoms in total. The molecule has 0 spiro atoms. The van der Waals surface area contributed by atoms with Gasteiger partial charge in [0.15, 0.2) is 0 Å². The molecular formula is C14H23N3. The minimum Gasteiger partial charge on any atom is -0.326 e. The van der Waals surface area contributed by atoms with Gasteiger partial charge in [-0.15, -0.1) is 0 Å². The van der Waals surface area contributed by atoms with Crippen LogP contribution in [-0.2, 0) is 13.1 Å². The molecule has 1 saturated heterocycles. The van der Waals surface area contributed by atoms with Gasteiger partial charge in [-0.05, 0) is 36.9 Å². The molecule has 1 aromatic rings. The second kappa shape index (κ2) is 6.12. The van der Waals surface area contributed by atoms with Crippen LogP contribution in [0.4, 0.5) is 0 Å². The third kappa shape index (κ3) is 3.27. The van der Waals surface area contributed by atoms with Crippen molar-refractivity contribution in [3.63, 3.8) is 0 Å². The monoisotopic (exact) mass is 233 g/mol. The summed E-state index contributed by atoms with van der Waals surface area (Å²) in [6.07, 6.45) is 5.88. The van der Waals surface area contributed by atoms with Crippen molar-refractivity contribution >= 4 is 0 Å². The Labute approximate surface area is 104 Å². The molecule has 2 rings (SSSR count). The van der Waals surface area contributed by atoms with Crippen LogP contribution in [-0.4, -0.2) is 23.0 Å². The van der Waals surface area contributed by atoms with E-state index in [-0.39, 0.29) is 0 Å². The third-order valence-corrected chi connectivity index (χ3v) is 3.76. The van der Waals surface area contributed by atoms with Gasteiger partial charge in [0, 0.05) is 25.8 Å². The summed E-state index contributed by atoms with van der Waals surface area (Å²) in [6, 6.07) is 4.06. The maximum Gasteiger partial charge on any atom is 0.0588 e. The molecule has 0 aliphatic carbocycles. The largest absolute Gasteiger partial charge is 0.326 e. The number of nitrogens with zero attached hydrogens (tertiary/aromatic N) is 2. The van der Waals surface area contributed by atoms with Crippen LogP contribution in [0.5, 0.6) is 0 Å². The minimum absolute atomic E-state index is 0.591.